The van der Waals surface area contributed by atoms with E-state index in [0.29, 0.717) is 21.8 Å². The summed E-state index contributed by atoms with van der Waals surface area (Å²) in [5.74, 6) is -0.707. The van der Waals surface area contributed by atoms with Crippen LogP contribution in [-0.2, 0) is 14.3 Å². The van der Waals surface area contributed by atoms with Gasteiger partial charge in [0.2, 0.25) is 0 Å². The zero-order valence-electron chi connectivity index (χ0n) is 14.6. The van der Waals surface area contributed by atoms with Crippen molar-refractivity contribution in [1.82, 2.24) is 4.90 Å². The molecule has 0 spiro atoms. The number of hydrogen-bond donors (Lipinski definition) is 1. The fraction of sp³-hybridized carbons (Fsp3) is 0.200. The minimum Gasteiger partial charge on any atom is -0.383 e. The number of amides is 2. The topological polar surface area (TPSA) is 58.6 Å². The van der Waals surface area contributed by atoms with Crippen LogP contribution in [0.3, 0.4) is 0 Å². The van der Waals surface area contributed by atoms with Gasteiger partial charge >= 0.3 is 0 Å². The molecule has 1 N–H and O–H groups in total. The molecule has 0 saturated heterocycles. The van der Waals surface area contributed by atoms with Crippen molar-refractivity contribution in [2.45, 2.75) is 6.92 Å². The molecule has 0 aromatic heterocycles. The van der Waals surface area contributed by atoms with Gasteiger partial charge in [-0.15, -0.1) is 0 Å². The molecule has 0 atom stereocenters. The van der Waals surface area contributed by atoms with Gasteiger partial charge in [-0.05, 0) is 30.2 Å². The lowest BCUT2D eigenvalue weighted by Gasteiger charge is -2.14. The molecule has 3 rings (SSSR count). The van der Waals surface area contributed by atoms with Gasteiger partial charge in [0.05, 0.1) is 18.7 Å². The molecule has 1 aliphatic heterocycles. The molecule has 5 nitrogen and oxygen atoms in total. The SMILES string of the molecule is COCCN1C(=O)C(Nc2ccc(C)c(Cl)c2)=C(c2ccccc2)C1=O. The minimum absolute atomic E-state index is 0.199. The van der Waals surface area contributed by atoms with Crippen molar-refractivity contribution in [2.75, 3.05) is 25.6 Å². The van der Waals surface area contributed by atoms with Crippen LogP contribution in [0.1, 0.15) is 11.1 Å². The molecule has 0 aliphatic carbocycles. The first kappa shape index (κ1) is 18.2. The zero-order chi connectivity index (χ0) is 18.7. The highest BCUT2D eigenvalue weighted by molar-refractivity contribution is 6.36. The molecule has 0 radical (unpaired) electrons. The number of hydrogen-bond acceptors (Lipinski definition) is 4. The highest BCUT2D eigenvalue weighted by atomic mass is 35.5. The fourth-order valence-electron chi connectivity index (χ4n) is 2.77. The summed E-state index contributed by atoms with van der Waals surface area (Å²) in [5, 5.41) is 3.67. The van der Waals surface area contributed by atoms with Crippen molar-refractivity contribution in [3.63, 3.8) is 0 Å². The van der Waals surface area contributed by atoms with E-state index in [4.69, 9.17) is 16.3 Å². The first-order valence-electron chi connectivity index (χ1n) is 8.21. The summed E-state index contributed by atoms with van der Waals surface area (Å²) in [5.41, 5.74) is 2.87. The van der Waals surface area contributed by atoms with Crippen LogP contribution in [0, 0.1) is 6.92 Å². The number of aryl methyl sites for hydroxylation is 1. The molecule has 0 fully saturated rings. The maximum Gasteiger partial charge on any atom is 0.278 e. The summed E-state index contributed by atoms with van der Waals surface area (Å²) < 4.78 is 5.02. The lowest BCUT2D eigenvalue weighted by Crippen LogP contribution is -2.35. The molecule has 2 aromatic rings. The van der Waals surface area contributed by atoms with Gasteiger partial charge < -0.3 is 10.1 Å². The Morgan fingerprint density at radius 3 is 2.46 bits per heavy atom. The molecule has 6 heteroatoms. The van der Waals surface area contributed by atoms with E-state index in [1.165, 1.54) is 12.0 Å². The number of methoxy groups -OCH3 is 1. The van der Waals surface area contributed by atoms with Gasteiger partial charge in [0, 0.05) is 17.8 Å². The molecule has 2 aromatic carbocycles. The third kappa shape index (κ3) is 3.49. The van der Waals surface area contributed by atoms with Crippen molar-refractivity contribution in [2.24, 2.45) is 0 Å². The summed E-state index contributed by atoms with van der Waals surface area (Å²) in [6.07, 6.45) is 0. The molecule has 26 heavy (non-hydrogen) atoms. The number of carbonyl (C=O) groups excluding carboxylic acids is 2. The van der Waals surface area contributed by atoms with Gasteiger partial charge in [-0.1, -0.05) is 48.0 Å². The Balaban J connectivity index is 2.02. The molecule has 134 valence electrons. The van der Waals surface area contributed by atoms with E-state index in [1.807, 2.05) is 49.4 Å². The lowest BCUT2D eigenvalue weighted by atomic mass is 10.0. The van der Waals surface area contributed by atoms with Crippen molar-refractivity contribution >= 4 is 34.7 Å². The summed E-state index contributed by atoms with van der Waals surface area (Å²) in [6, 6.07) is 14.6. The van der Waals surface area contributed by atoms with Crippen LogP contribution in [-0.4, -0.2) is 37.0 Å². The number of imide groups is 1. The zero-order valence-corrected chi connectivity index (χ0v) is 15.3. The van der Waals surface area contributed by atoms with Crippen LogP contribution in [0.2, 0.25) is 5.02 Å². The van der Waals surface area contributed by atoms with Crippen LogP contribution in [0.4, 0.5) is 5.69 Å². The van der Waals surface area contributed by atoms with E-state index in [1.54, 1.807) is 6.07 Å². The molecular formula is C20H19ClN2O3. The molecular weight excluding hydrogens is 352 g/mol. The molecule has 1 aliphatic rings. The Labute approximate surface area is 157 Å². The number of benzene rings is 2. The average molecular weight is 371 g/mol. The number of carbonyl (C=O) groups is 2. The Hall–Kier alpha value is -2.63. The molecule has 0 saturated carbocycles. The van der Waals surface area contributed by atoms with Gasteiger partial charge in [0.25, 0.3) is 11.8 Å². The van der Waals surface area contributed by atoms with E-state index in [0.717, 1.165) is 5.56 Å². The van der Waals surface area contributed by atoms with Crippen molar-refractivity contribution in [3.05, 3.63) is 70.4 Å². The summed E-state index contributed by atoms with van der Waals surface area (Å²) in [4.78, 5) is 26.9. The Kier molecular flexibility index (Phi) is 5.40. The van der Waals surface area contributed by atoms with Gasteiger partial charge in [0.15, 0.2) is 0 Å². The van der Waals surface area contributed by atoms with Gasteiger partial charge in [-0.25, -0.2) is 0 Å². The van der Waals surface area contributed by atoms with E-state index in [2.05, 4.69) is 5.32 Å². The maximum absolute atomic E-state index is 12.9. The van der Waals surface area contributed by atoms with Crippen molar-refractivity contribution in [1.29, 1.82) is 0 Å². The number of ether oxygens (including phenoxy) is 1. The van der Waals surface area contributed by atoms with E-state index in [-0.39, 0.29) is 30.7 Å². The van der Waals surface area contributed by atoms with Gasteiger partial charge in [-0.2, -0.15) is 0 Å². The number of rotatable bonds is 6. The van der Waals surface area contributed by atoms with E-state index >= 15 is 0 Å². The summed E-state index contributed by atoms with van der Waals surface area (Å²) in [6.45, 7) is 2.38. The molecule has 0 bridgehead atoms. The van der Waals surface area contributed by atoms with Gasteiger partial charge in [-0.3, -0.25) is 14.5 Å². The monoisotopic (exact) mass is 370 g/mol. The number of nitrogens with zero attached hydrogens (tertiary/aromatic N) is 1. The second kappa shape index (κ2) is 7.72. The molecule has 0 unspecified atom stereocenters. The Bertz CT molecular complexity index is 878. The fourth-order valence-corrected chi connectivity index (χ4v) is 2.95. The Morgan fingerprint density at radius 1 is 1.08 bits per heavy atom. The molecule has 1 heterocycles. The van der Waals surface area contributed by atoms with Crippen LogP contribution in [0.25, 0.3) is 5.57 Å². The minimum atomic E-state index is -0.373. The largest absolute Gasteiger partial charge is 0.383 e. The highest BCUT2D eigenvalue weighted by Crippen LogP contribution is 2.31. The third-order valence-corrected chi connectivity index (χ3v) is 4.60. The van der Waals surface area contributed by atoms with Gasteiger partial charge in [0.1, 0.15) is 5.70 Å². The average Bonchev–Trinajstić information content (AvgIpc) is 2.87. The Morgan fingerprint density at radius 2 is 1.81 bits per heavy atom. The number of nitrogens with one attached hydrogen (secondary N) is 1. The first-order chi connectivity index (χ1) is 12.5. The second-order valence-corrected chi connectivity index (χ2v) is 6.37. The van der Waals surface area contributed by atoms with Crippen LogP contribution in [0.15, 0.2) is 54.2 Å². The standard InChI is InChI=1S/C20H19ClN2O3/c1-13-8-9-15(12-16(13)21)22-18-17(14-6-4-3-5-7-14)19(24)23(20(18)25)10-11-26-2/h3-9,12,22H,10-11H2,1-2H3. The maximum atomic E-state index is 12.9. The number of anilines is 1. The van der Waals surface area contributed by atoms with Crippen molar-refractivity contribution < 1.29 is 14.3 Å². The highest BCUT2D eigenvalue weighted by Gasteiger charge is 2.38. The van der Waals surface area contributed by atoms with Crippen LogP contribution >= 0.6 is 11.6 Å². The smallest absolute Gasteiger partial charge is 0.278 e. The first-order valence-corrected chi connectivity index (χ1v) is 8.58. The predicted molar refractivity (Wildman–Crippen MR) is 102 cm³/mol. The van der Waals surface area contributed by atoms with Crippen LogP contribution < -0.4 is 5.32 Å². The lowest BCUT2D eigenvalue weighted by molar-refractivity contribution is -0.137. The van der Waals surface area contributed by atoms with Crippen LogP contribution in [0.5, 0.6) is 0 Å². The third-order valence-electron chi connectivity index (χ3n) is 4.19. The van der Waals surface area contributed by atoms with E-state index in [9.17, 15) is 9.59 Å². The quantitative estimate of drug-likeness (QED) is 0.791. The summed E-state index contributed by atoms with van der Waals surface area (Å²) >= 11 is 6.18. The van der Waals surface area contributed by atoms with E-state index < -0.39 is 0 Å². The summed E-state index contributed by atoms with van der Waals surface area (Å²) in [7, 11) is 1.53. The van der Waals surface area contributed by atoms with Crippen molar-refractivity contribution in [3.8, 4) is 0 Å². The second-order valence-electron chi connectivity index (χ2n) is 5.96. The molecule has 2 amide bonds. The predicted octanol–water partition coefficient (Wildman–Crippen LogP) is 3.49. The number of halogens is 1. The normalized spacial score (nSPS) is 14.3.